The molecule has 0 saturated heterocycles. The maximum absolute atomic E-state index is 13.6. The Balaban J connectivity index is 2.93. The molecule has 0 atom stereocenters. The number of hydrogen-bond donors (Lipinski definition) is 2. The molecule has 0 aliphatic carbocycles. The predicted molar refractivity (Wildman–Crippen MR) is 74.1 cm³/mol. The number of carbonyl (C=O) groups excluding carboxylic acids is 1. The first-order chi connectivity index (χ1) is 9.69. The van der Waals surface area contributed by atoms with Crippen LogP contribution in [-0.2, 0) is 9.84 Å². The van der Waals surface area contributed by atoms with Gasteiger partial charge in [-0.3, -0.25) is 14.9 Å². The van der Waals surface area contributed by atoms with Crippen LogP contribution < -0.4 is 11.1 Å². The highest BCUT2D eigenvalue weighted by atomic mass is 32.2. The van der Waals surface area contributed by atoms with Gasteiger partial charge in [0.05, 0.1) is 10.7 Å². The Morgan fingerprint density at radius 2 is 2.10 bits per heavy atom. The van der Waals surface area contributed by atoms with Gasteiger partial charge in [0.1, 0.15) is 17.1 Å². The van der Waals surface area contributed by atoms with Crippen LogP contribution in [0.4, 0.5) is 15.8 Å². The summed E-state index contributed by atoms with van der Waals surface area (Å²) in [5.74, 6) is -2.42. The lowest BCUT2D eigenvalue weighted by Gasteiger charge is -2.08. The SMILES string of the molecule is CCS(=O)(=O)CCNC(=O)c1c(F)ccc([N+](=O)[O-])c1N. The van der Waals surface area contributed by atoms with E-state index in [0.29, 0.717) is 0 Å². The van der Waals surface area contributed by atoms with Crippen LogP contribution in [0, 0.1) is 15.9 Å². The second kappa shape index (κ2) is 6.48. The van der Waals surface area contributed by atoms with Crippen molar-refractivity contribution in [2.45, 2.75) is 6.92 Å². The van der Waals surface area contributed by atoms with E-state index in [0.717, 1.165) is 12.1 Å². The van der Waals surface area contributed by atoms with Gasteiger partial charge in [-0.25, -0.2) is 12.8 Å². The third kappa shape index (κ3) is 4.12. The predicted octanol–water partition coefficient (Wildman–Crippen LogP) is 0.481. The molecule has 0 aliphatic rings. The second-order valence-electron chi connectivity index (χ2n) is 4.10. The van der Waals surface area contributed by atoms with Crippen LogP contribution in [-0.4, -0.2) is 37.3 Å². The van der Waals surface area contributed by atoms with Gasteiger partial charge in [0.15, 0.2) is 9.84 Å². The first-order valence-corrected chi connectivity index (χ1v) is 7.72. The van der Waals surface area contributed by atoms with E-state index < -0.39 is 43.4 Å². The number of carbonyl (C=O) groups is 1. The molecule has 0 heterocycles. The standard InChI is InChI=1S/C11H14FN3O5S/c1-2-21(19,20)6-5-14-11(16)9-7(12)3-4-8(10(9)13)15(17)18/h3-4H,2,5-6,13H2,1H3,(H,14,16). The number of sulfone groups is 1. The fourth-order valence-electron chi connectivity index (χ4n) is 1.52. The number of nitro groups is 1. The van der Waals surface area contributed by atoms with E-state index in [-0.39, 0.29) is 18.1 Å². The van der Waals surface area contributed by atoms with Crippen molar-refractivity contribution in [2.24, 2.45) is 0 Å². The molecule has 0 radical (unpaired) electrons. The van der Waals surface area contributed by atoms with E-state index in [1.54, 1.807) is 0 Å². The van der Waals surface area contributed by atoms with Crippen molar-refractivity contribution >= 4 is 27.1 Å². The lowest BCUT2D eigenvalue weighted by molar-refractivity contribution is -0.384. The number of anilines is 1. The minimum atomic E-state index is -3.29. The number of hydrogen-bond acceptors (Lipinski definition) is 6. The van der Waals surface area contributed by atoms with E-state index in [1.165, 1.54) is 6.92 Å². The molecule has 1 rings (SSSR count). The third-order valence-corrected chi connectivity index (χ3v) is 4.44. The highest BCUT2D eigenvalue weighted by molar-refractivity contribution is 7.91. The van der Waals surface area contributed by atoms with E-state index in [2.05, 4.69) is 5.32 Å². The number of rotatable bonds is 6. The molecule has 0 spiro atoms. The first-order valence-electron chi connectivity index (χ1n) is 5.90. The number of nitrogens with two attached hydrogens (primary N) is 1. The summed E-state index contributed by atoms with van der Waals surface area (Å²) in [6.07, 6.45) is 0. The minimum absolute atomic E-state index is 0.0871. The molecule has 0 bridgehead atoms. The molecular formula is C11H14FN3O5S. The summed E-state index contributed by atoms with van der Waals surface area (Å²) in [5, 5.41) is 12.9. The zero-order valence-corrected chi connectivity index (χ0v) is 11.9. The third-order valence-electron chi connectivity index (χ3n) is 2.73. The topological polar surface area (TPSA) is 132 Å². The molecule has 0 fully saturated rings. The van der Waals surface area contributed by atoms with Crippen molar-refractivity contribution in [1.29, 1.82) is 0 Å². The Labute approximate surface area is 120 Å². The van der Waals surface area contributed by atoms with Gasteiger partial charge in [-0.2, -0.15) is 0 Å². The molecule has 8 nitrogen and oxygen atoms in total. The Kier molecular flexibility index (Phi) is 5.19. The smallest absolute Gasteiger partial charge is 0.293 e. The van der Waals surface area contributed by atoms with Crippen LogP contribution >= 0.6 is 0 Å². The van der Waals surface area contributed by atoms with Crippen LogP contribution in [0.3, 0.4) is 0 Å². The molecule has 1 aromatic rings. The van der Waals surface area contributed by atoms with Gasteiger partial charge < -0.3 is 11.1 Å². The number of benzene rings is 1. The monoisotopic (exact) mass is 319 g/mol. The normalized spacial score (nSPS) is 11.1. The number of amides is 1. The highest BCUT2D eigenvalue weighted by Crippen LogP contribution is 2.27. The van der Waals surface area contributed by atoms with Crippen molar-refractivity contribution in [3.63, 3.8) is 0 Å². The highest BCUT2D eigenvalue weighted by Gasteiger charge is 2.23. The van der Waals surface area contributed by atoms with Gasteiger partial charge in [-0.05, 0) is 6.07 Å². The van der Waals surface area contributed by atoms with E-state index in [4.69, 9.17) is 5.73 Å². The fraction of sp³-hybridized carbons (Fsp3) is 0.364. The minimum Gasteiger partial charge on any atom is -0.392 e. The molecule has 3 N–H and O–H groups in total. The average molecular weight is 319 g/mol. The van der Waals surface area contributed by atoms with E-state index >= 15 is 0 Å². The van der Waals surface area contributed by atoms with Crippen molar-refractivity contribution in [3.05, 3.63) is 33.6 Å². The molecule has 0 unspecified atom stereocenters. The molecule has 1 aromatic carbocycles. The summed E-state index contributed by atoms with van der Waals surface area (Å²) in [5.41, 5.74) is 3.54. The molecule has 1 amide bonds. The lowest BCUT2D eigenvalue weighted by Crippen LogP contribution is -2.31. The van der Waals surface area contributed by atoms with Crippen LogP contribution in [0.2, 0.25) is 0 Å². The summed E-state index contributed by atoms with van der Waals surface area (Å²) < 4.78 is 36.1. The number of nitrogen functional groups attached to an aromatic ring is 1. The van der Waals surface area contributed by atoms with Crippen molar-refractivity contribution in [1.82, 2.24) is 5.32 Å². The number of halogens is 1. The molecule has 0 saturated carbocycles. The van der Waals surface area contributed by atoms with Gasteiger partial charge in [0.25, 0.3) is 11.6 Å². The average Bonchev–Trinajstić information content (AvgIpc) is 2.38. The van der Waals surface area contributed by atoms with Gasteiger partial charge >= 0.3 is 0 Å². The number of nitrogens with one attached hydrogen (secondary N) is 1. The largest absolute Gasteiger partial charge is 0.392 e. The summed E-state index contributed by atoms with van der Waals surface area (Å²) in [6.45, 7) is 1.21. The fourth-order valence-corrected chi connectivity index (χ4v) is 2.23. The molecule has 10 heteroatoms. The summed E-state index contributed by atoms with van der Waals surface area (Å²) >= 11 is 0. The first kappa shape index (κ1) is 16.8. The van der Waals surface area contributed by atoms with E-state index in [1.807, 2.05) is 0 Å². The summed E-state index contributed by atoms with van der Waals surface area (Å²) in [7, 11) is -3.29. The van der Waals surface area contributed by atoms with Crippen molar-refractivity contribution in [2.75, 3.05) is 23.8 Å². The summed E-state index contributed by atoms with van der Waals surface area (Å²) in [6, 6.07) is 1.61. The van der Waals surface area contributed by atoms with Crippen molar-refractivity contribution in [3.8, 4) is 0 Å². The Morgan fingerprint density at radius 1 is 1.48 bits per heavy atom. The zero-order chi connectivity index (χ0) is 16.2. The maximum atomic E-state index is 13.6. The Hall–Kier alpha value is -2.23. The summed E-state index contributed by atoms with van der Waals surface area (Å²) in [4.78, 5) is 21.6. The lowest BCUT2D eigenvalue weighted by atomic mass is 10.1. The van der Waals surface area contributed by atoms with Gasteiger partial charge in [0, 0.05) is 18.4 Å². The number of nitro benzene ring substituents is 1. The Bertz CT molecular complexity index is 675. The van der Waals surface area contributed by atoms with Crippen LogP contribution in [0.25, 0.3) is 0 Å². The number of nitrogens with zero attached hydrogens (tertiary/aromatic N) is 1. The Morgan fingerprint density at radius 3 is 2.62 bits per heavy atom. The van der Waals surface area contributed by atoms with Crippen LogP contribution in [0.1, 0.15) is 17.3 Å². The van der Waals surface area contributed by atoms with Gasteiger partial charge in [0.2, 0.25) is 0 Å². The van der Waals surface area contributed by atoms with Gasteiger partial charge in [-0.15, -0.1) is 0 Å². The van der Waals surface area contributed by atoms with Crippen LogP contribution in [0.5, 0.6) is 0 Å². The molecular weight excluding hydrogens is 305 g/mol. The second-order valence-corrected chi connectivity index (χ2v) is 6.58. The van der Waals surface area contributed by atoms with Crippen LogP contribution in [0.15, 0.2) is 12.1 Å². The molecule has 116 valence electrons. The zero-order valence-electron chi connectivity index (χ0n) is 11.1. The molecule has 21 heavy (non-hydrogen) atoms. The quantitative estimate of drug-likeness (QED) is 0.445. The maximum Gasteiger partial charge on any atom is 0.293 e. The molecule has 0 aromatic heterocycles. The van der Waals surface area contributed by atoms with E-state index in [9.17, 15) is 27.7 Å². The molecule has 0 aliphatic heterocycles. The van der Waals surface area contributed by atoms with Gasteiger partial charge in [-0.1, -0.05) is 6.92 Å². The van der Waals surface area contributed by atoms with Crippen molar-refractivity contribution < 1.29 is 22.5 Å².